The van der Waals surface area contributed by atoms with Crippen molar-refractivity contribution in [2.75, 3.05) is 25.0 Å². The predicted molar refractivity (Wildman–Crippen MR) is 72.4 cm³/mol. The maximum atomic E-state index is 12.9. The molecule has 1 fully saturated rings. The van der Waals surface area contributed by atoms with E-state index in [0.29, 0.717) is 5.69 Å². The Morgan fingerprint density at radius 2 is 1.78 bits per heavy atom. The van der Waals surface area contributed by atoms with Crippen molar-refractivity contribution in [1.29, 1.82) is 0 Å². The second-order valence-corrected chi connectivity index (χ2v) is 5.32. The van der Waals surface area contributed by atoms with E-state index in [9.17, 15) is 27.2 Å². The summed E-state index contributed by atoms with van der Waals surface area (Å²) in [6, 6.07) is 4.07. The first-order chi connectivity index (χ1) is 10.6. The number of amides is 2. The van der Waals surface area contributed by atoms with Gasteiger partial charge in [0.1, 0.15) is 5.82 Å². The van der Waals surface area contributed by atoms with E-state index in [1.165, 1.54) is 19.2 Å². The molecule has 0 aliphatic carbocycles. The fourth-order valence-corrected chi connectivity index (χ4v) is 2.53. The number of carbonyl (C=O) groups is 2. The minimum Gasteiger partial charge on any atom is -0.481 e. The van der Waals surface area contributed by atoms with Crippen molar-refractivity contribution in [2.24, 2.45) is 11.8 Å². The van der Waals surface area contributed by atoms with E-state index in [1.54, 1.807) is 0 Å². The van der Waals surface area contributed by atoms with Gasteiger partial charge in [-0.05, 0) is 24.3 Å². The molecule has 0 bridgehead atoms. The molecule has 1 aliphatic heterocycles. The lowest BCUT2D eigenvalue weighted by Crippen LogP contribution is -2.40. The quantitative estimate of drug-likeness (QED) is 0.846. The molecule has 2 rings (SSSR count). The molecule has 0 saturated carbocycles. The monoisotopic (exact) mass is 334 g/mol. The highest BCUT2D eigenvalue weighted by Gasteiger charge is 2.53. The van der Waals surface area contributed by atoms with E-state index in [0.717, 1.165) is 21.9 Å². The predicted octanol–water partition coefficient (Wildman–Crippen LogP) is 2.58. The molecule has 5 nitrogen and oxygen atoms in total. The number of hydrogen-bond acceptors (Lipinski definition) is 2. The van der Waals surface area contributed by atoms with Crippen LogP contribution in [0.1, 0.15) is 0 Å². The Hall–Kier alpha value is -2.32. The van der Waals surface area contributed by atoms with E-state index in [-0.39, 0.29) is 0 Å². The van der Waals surface area contributed by atoms with Crippen molar-refractivity contribution >= 4 is 17.7 Å². The van der Waals surface area contributed by atoms with Crippen LogP contribution >= 0.6 is 0 Å². The van der Waals surface area contributed by atoms with Gasteiger partial charge >= 0.3 is 18.2 Å². The van der Waals surface area contributed by atoms with Crippen molar-refractivity contribution in [3.8, 4) is 0 Å². The summed E-state index contributed by atoms with van der Waals surface area (Å²) in [5.74, 6) is -5.91. The Bertz CT molecular complexity index is 603. The number of carboxylic acids is 1. The summed E-state index contributed by atoms with van der Waals surface area (Å²) in [5, 5.41) is 8.94. The van der Waals surface area contributed by atoms with Crippen LogP contribution in [0.3, 0.4) is 0 Å². The molecule has 0 aromatic heterocycles. The molecular formula is C14H14F4N2O3. The summed E-state index contributed by atoms with van der Waals surface area (Å²) in [6.45, 7) is -1.24. The minimum atomic E-state index is -4.70. The topological polar surface area (TPSA) is 60.9 Å². The molecule has 2 atom stereocenters. The highest BCUT2D eigenvalue weighted by atomic mass is 19.4. The Morgan fingerprint density at radius 1 is 1.22 bits per heavy atom. The van der Waals surface area contributed by atoms with Gasteiger partial charge in [0.25, 0.3) is 0 Å². The van der Waals surface area contributed by atoms with Crippen LogP contribution in [0.5, 0.6) is 0 Å². The number of nitrogens with zero attached hydrogens (tertiary/aromatic N) is 2. The molecule has 9 heteroatoms. The maximum absolute atomic E-state index is 12.9. The zero-order valence-electron chi connectivity index (χ0n) is 12.0. The lowest BCUT2D eigenvalue weighted by Gasteiger charge is -2.25. The standard InChI is InChI=1S/C14H14F4N2O3/c1-19(9-4-2-8(15)3-5-9)13(23)20-6-10(12(21)22)11(7-20)14(16,17)18/h2-5,10-11H,6-7H2,1H3,(H,21,22)/t10-,11-/m1/s1. The lowest BCUT2D eigenvalue weighted by atomic mass is 9.96. The molecule has 0 unspecified atom stereocenters. The first-order valence-electron chi connectivity index (χ1n) is 6.69. The van der Waals surface area contributed by atoms with Crippen LogP contribution in [-0.2, 0) is 4.79 Å². The van der Waals surface area contributed by atoms with Crippen molar-refractivity contribution in [3.05, 3.63) is 30.1 Å². The zero-order valence-corrected chi connectivity index (χ0v) is 12.0. The van der Waals surface area contributed by atoms with Gasteiger partial charge in [-0.15, -0.1) is 0 Å². The summed E-state index contributed by atoms with van der Waals surface area (Å²) in [4.78, 5) is 25.2. The first-order valence-corrected chi connectivity index (χ1v) is 6.69. The highest BCUT2D eigenvalue weighted by Crippen LogP contribution is 2.38. The Morgan fingerprint density at radius 3 is 2.22 bits per heavy atom. The average Bonchev–Trinajstić information content (AvgIpc) is 2.92. The fraction of sp³-hybridized carbons (Fsp3) is 0.429. The molecule has 126 valence electrons. The van der Waals surface area contributed by atoms with Gasteiger partial charge in [0.05, 0.1) is 11.8 Å². The number of benzene rings is 1. The van der Waals surface area contributed by atoms with Gasteiger partial charge < -0.3 is 10.0 Å². The number of anilines is 1. The maximum Gasteiger partial charge on any atom is 0.394 e. The third-order valence-electron chi connectivity index (χ3n) is 3.83. The van der Waals surface area contributed by atoms with Crippen molar-refractivity contribution in [1.82, 2.24) is 4.90 Å². The number of rotatable bonds is 2. The first kappa shape index (κ1) is 17.0. The number of alkyl halides is 3. The molecule has 1 aromatic carbocycles. The second-order valence-electron chi connectivity index (χ2n) is 5.32. The van der Waals surface area contributed by atoms with Crippen LogP contribution < -0.4 is 4.90 Å². The fourth-order valence-electron chi connectivity index (χ4n) is 2.53. The largest absolute Gasteiger partial charge is 0.481 e. The van der Waals surface area contributed by atoms with Crippen LogP contribution in [0.15, 0.2) is 24.3 Å². The van der Waals surface area contributed by atoms with E-state index in [2.05, 4.69) is 0 Å². The van der Waals surface area contributed by atoms with Gasteiger partial charge in [0.15, 0.2) is 0 Å². The number of halogens is 4. The molecular weight excluding hydrogens is 320 g/mol. The number of urea groups is 1. The number of carbonyl (C=O) groups excluding carboxylic acids is 1. The number of hydrogen-bond donors (Lipinski definition) is 1. The minimum absolute atomic E-state index is 0.290. The summed E-state index contributed by atoms with van der Waals surface area (Å²) >= 11 is 0. The second kappa shape index (κ2) is 6.05. The smallest absolute Gasteiger partial charge is 0.394 e. The molecule has 1 N–H and O–H groups in total. The number of aliphatic carboxylic acids is 1. The molecule has 2 amide bonds. The van der Waals surface area contributed by atoms with Crippen molar-refractivity contribution in [2.45, 2.75) is 6.18 Å². The van der Waals surface area contributed by atoms with Crippen LogP contribution in [0.25, 0.3) is 0 Å². The van der Waals surface area contributed by atoms with Gasteiger partial charge in [0.2, 0.25) is 0 Å². The van der Waals surface area contributed by atoms with Gasteiger partial charge in [0, 0.05) is 25.8 Å². The van der Waals surface area contributed by atoms with E-state index >= 15 is 0 Å². The van der Waals surface area contributed by atoms with Crippen molar-refractivity contribution in [3.63, 3.8) is 0 Å². The van der Waals surface area contributed by atoms with E-state index < -0.39 is 48.9 Å². The zero-order chi connectivity index (χ0) is 17.4. The Kier molecular flexibility index (Phi) is 4.49. The van der Waals surface area contributed by atoms with Gasteiger partial charge in [-0.3, -0.25) is 9.69 Å². The molecule has 1 aliphatic rings. The van der Waals surface area contributed by atoms with Gasteiger partial charge in [-0.1, -0.05) is 0 Å². The third-order valence-corrected chi connectivity index (χ3v) is 3.83. The van der Waals surface area contributed by atoms with Crippen LogP contribution in [0.2, 0.25) is 0 Å². The summed E-state index contributed by atoms with van der Waals surface area (Å²) in [5.41, 5.74) is 0.290. The van der Waals surface area contributed by atoms with E-state index in [4.69, 9.17) is 5.11 Å². The normalized spacial score (nSPS) is 21.3. The molecule has 1 aromatic rings. The van der Waals surface area contributed by atoms with Gasteiger partial charge in [-0.2, -0.15) is 13.2 Å². The van der Waals surface area contributed by atoms with Crippen LogP contribution in [0.4, 0.5) is 28.0 Å². The third kappa shape index (κ3) is 3.54. The summed E-state index contributed by atoms with van der Waals surface area (Å²) < 4.78 is 51.6. The van der Waals surface area contributed by atoms with Crippen LogP contribution in [-0.4, -0.2) is 48.3 Å². The molecule has 23 heavy (non-hydrogen) atoms. The molecule has 1 heterocycles. The average molecular weight is 334 g/mol. The summed E-state index contributed by atoms with van der Waals surface area (Å²) in [6.07, 6.45) is -4.70. The lowest BCUT2D eigenvalue weighted by molar-refractivity contribution is -0.187. The number of likely N-dealkylation sites (tertiary alicyclic amines) is 1. The van der Waals surface area contributed by atoms with Crippen molar-refractivity contribution < 1.29 is 32.3 Å². The SMILES string of the molecule is CN(C(=O)N1C[C@@H](C(F)(F)F)[C@H](C(=O)O)C1)c1ccc(F)cc1. The van der Waals surface area contributed by atoms with Crippen LogP contribution in [0, 0.1) is 17.7 Å². The van der Waals surface area contributed by atoms with E-state index in [1.807, 2.05) is 0 Å². The van der Waals surface area contributed by atoms with Gasteiger partial charge in [-0.25, -0.2) is 9.18 Å². The highest BCUT2D eigenvalue weighted by molar-refractivity contribution is 5.92. The Labute approximate surface area is 129 Å². The molecule has 0 radical (unpaired) electrons. The molecule has 0 spiro atoms. The Balaban J connectivity index is 2.17. The molecule has 1 saturated heterocycles. The number of carboxylic acid groups (broad SMARTS) is 1. The summed E-state index contributed by atoms with van der Waals surface area (Å²) in [7, 11) is 1.33.